The van der Waals surface area contributed by atoms with Gasteiger partial charge in [-0.25, -0.2) is 9.78 Å². The molecule has 0 N–H and O–H groups in total. The summed E-state index contributed by atoms with van der Waals surface area (Å²) in [6, 6.07) is 10.4. The number of nitrogens with zero attached hydrogens (tertiary/aromatic N) is 3. The van der Waals surface area contributed by atoms with Crippen molar-refractivity contribution in [2.75, 3.05) is 6.61 Å². The van der Waals surface area contributed by atoms with E-state index in [9.17, 15) is 9.59 Å². The minimum atomic E-state index is -0.790. The normalized spacial score (nSPS) is 13.3. The van der Waals surface area contributed by atoms with E-state index in [0.717, 1.165) is 10.9 Å². The third-order valence-corrected chi connectivity index (χ3v) is 5.88. The first-order valence-electron chi connectivity index (χ1n) is 10.6. The molecule has 0 radical (unpaired) electrons. The number of halogens is 2. The van der Waals surface area contributed by atoms with Gasteiger partial charge in [0.15, 0.2) is 6.10 Å². The van der Waals surface area contributed by atoms with E-state index < -0.39 is 12.1 Å². The van der Waals surface area contributed by atoms with Crippen molar-refractivity contribution in [3.63, 3.8) is 0 Å². The van der Waals surface area contributed by atoms with Crippen LogP contribution in [0.1, 0.15) is 51.4 Å². The summed E-state index contributed by atoms with van der Waals surface area (Å²) in [6.07, 6.45) is 1.56. The van der Waals surface area contributed by atoms with Crippen molar-refractivity contribution in [2.24, 2.45) is 5.10 Å². The molecule has 1 aromatic heterocycles. The third-order valence-electron chi connectivity index (χ3n) is 5.09. The van der Waals surface area contributed by atoms with E-state index in [1.54, 1.807) is 44.3 Å². The van der Waals surface area contributed by atoms with Crippen LogP contribution in [0.4, 0.5) is 0 Å². The van der Waals surface area contributed by atoms with Gasteiger partial charge in [0.1, 0.15) is 11.6 Å². The van der Waals surface area contributed by atoms with Crippen molar-refractivity contribution in [1.29, 1.82) is 0 Å². The van der Waals surface area contributed by atoms with Crippen LogP contribution >= 0.6 is 27.5 Å². The minimum absolute atomic E-state index is 0.0339. The average Bonchev–Trinajstić information content (AvgIpc) is 2.79. The van der Waals surface area contributed by atoms with E-state index in [2.05, 4.69) is 21.0 Å². The number of hydrogen-bond acceptors (Lipinski definition) is 6. The fourth-order valence-corrected chi connectivity index (χ4v) is 3.69. The molecule has 0 aliphatic heterocycles. The maximum atomic E-state index is 13.2. The highest BCUT2D eigenvalue weighted by Crippen LogP contribution is 2.26. The van der Waals surface area contributed by atoms with E-state index in [0.29, 0.717) is 33.1 Å². The van der Waals surface area contributed by atoms with Gasteiger partial charge in [0.25, 0.3) is 5.56 Å². The molecule has 3 aromatic rings. The van der Waals surface area contributed by atoms with Gasteiger partial charge in [-0.05, 0) is 62.2 Å². The molecule has 0 bridgehead atoms. The number of benzene rings is 2. The molecule has 2 atom stereocenters. The minimum Gasteiger partial charge on any atom is -0.477 e. The summed E-state index contributed by atoms with van der Waals surface area (Å²) >= 11 is 9.75. The number of rotatable bonds is 8. The number of ether oxygens (including phenoxy) is 2. The summed E-state index contributed by atoms with van der Waals surface area (Å²) in [5, 5.41) is 5.22. The van der Waals surface area contributed by atoms with Crippen LogP contribution < -0.4 is 10.3 Å². The summed E-state index contributed by atoms with van der Waals surface area (Å²) in [5.74, 6) is 0.505. The van der Waals surface area contributed by atoms with Crippen LogP contribution in [0.5, 0.6) is 5.75 Å². The molecular weight excluding hydrogens is 510 g/mol. The van der Waals surface area contributed by atoms with Crippen LogP contribution in [-0.2, 0) is 9.53 Å². The van der Waals surface area contributed by atoms with Crippen molar-refractivity contribution < 1.29 is 14.3 Å². The first-order valence-corrected chi connectivity index (χ1v) is 11.8. The molecule has 7 nitrogen and oxygen atoms in total. The largest absolute Gasteiger partial charge is 0.477 e. The van der Waals surface area contributed by atoms with Crippen LogP contribution in [0.2, 0.25) is 5.02 Å². The molecule has 0 fully saturated rings. The molecule has 0 unspecified atom stereocenters. The predicted octanol–water partition coefficient (Wildman–Crippen LogP) is 5.54. The first-order chi connectivity index (χ1) is 15.7. The molecule has 2 aromatic carbocycles. The summed E-state index contributed by atoms with van der Waals surface area (Å²) in [5.41, 5.74) is 1.04. The highest BCUT2D eigenvalue weighted by Gasteiger charge is 2.18. The van der Waals surface area contributed by atoms with Gasteiger partial charge in [-0.15, -0.1) is 0 Å². The Kier molecular flexibility index (Phi) is 8.26. The van der Waals surface area contributed by atoms with Crippen molar-refractivity contribution in [3.8, 4) is 5.75 Å². The van der Waals surface area contributed by atoms with Gasteiger partial charge in [-0.2, -0.15) is 9.78 Å². The lowest BCUT2D eigenvalue weighted by Gasteiger charge is -2.15. The van der Waals surface area contributed by atoms with Crippen molar-refractivity contribution in [2.45, 2.75) is 46.1 Å². The Morgan fingerprint density at radius 1 is 1.24 bits per heavy atom. The van der Waals surface area contributed by atoms with Gasteiger partial charge >= 0.3 is 5.97 Å². The molecule has 1 heterocycles. The van der Waals surface area contributed by atoms with Crippen LogP contribution in [0.25, 0.3) is 10.9 Å². The zero-order valence-electron chi connectivity index (χ0n) is 18.8. The lowest BCUT2D eigenvalue weighted by molar-refractivity contribution is -0.150. The lowest BCUT2D eigenvalue weighted by Crippen LogP contribution is -2.26. The lowest BCUT2D eigenvalue weighted by atomic mass is 10.1. The molecule has 174 valence electrons. The Morgan fingerprint density at radius 2 is 2.00 bits per heavy atom. The quantitative estimate of drug-likeness (QED) is 0.280. The number of fused-ring (bicyclic) bond motifs is 1. The standard InChI is InChI=1S/C24H25BrClN3O4/c1-5-14(3)22-28-20-9-8-17(25)12-18(20)23(30)29(22)27-13-16-7-10-21(19(26)11-16)33-15(4)24(31)32-6-2/h7-15H,5-6H2,1-4H3/t14-,15-/m1/s1. The topological polar surface area (TPSA) is 82.8 Å². The smallest absolute Gasteiger partial charge is 0.347 e. The van der Waals surface area contributed by atoms with Gasteiger partial charge in [0, 0.05) is 10.4 Å². The third kappa shape index (κ3) is 5.81. The monoisotopic (exact) mass is 533 g/mol. The molecule has 9 heteroatoms. The maximum absolute atomic E-state index is 13.2. The van der Waals surface area contributed by atoms with Crippen LogP contribution in [0.3, 0.4) is 0 Å². The second kappa shape index (κ2) is 10.9. The Bertz CT molecular complexity index is 1260. The molecule has 0 spiro atoms. The second-order valence-corrected chi connectivity index (χ2v) is 8.83. The molecule has 0 aliphatic carbocycles. The number of esters is 1. The van der Waals surface area contributed by atoms with Crippen LogP contribution in [0, 0.1) is 0 Å². The summed E-state index contributed by atoms with van der Waals surface area (Å²) in [4.78, 5) is 29.7. The van der Waals surface area contributed by atoms with E-state index in [-0.39, 0.29) is 18.1 Å². The fourth-order valence-electron chi connectivity index (χ4n) is 3.09. The number of carbonyl (C=O) groups excluding carboxylic acids is 1. The number of carbonyl (C=O) groups is 1. The zero-order valence-corrected chi connectivity index (χ0v) is 21.2. The molecule has 33 heavy (non-hydrogen) atoms. The van der Waals surface area contributed by atoms with Crippen LogP contribution in [0.15, 0.2) is 50.8 Å². The Labute approximate surface area is 205 Å². The molecule has 0 aliphatic rings. The van der Waals surface area contributed by atoms with E-state index in [4.69, 9.17) is 26.1 Å². The maximum Gasteiger partial charge on any atom is 0.347 e. The van der Waals surface area contributed by atoms with E-state index in [1.807, 2.05) is 26.0 Å². The van der Waals surface area contributed by atoms with Gasteiger partial charge in [-0.3, -0.25) is 4.79 Å². The summed E-state index contributed by atoms with van der Waals surface area (Å²) in [6.45, 7) is 7.64. The molecule has 0 saturated carbocycles. The Balaban J connectivity index is 1.95. The van der Waals surface area contributed by atoms with Crippen molar-refractivity contribution >= 4 is 50.6 Å². The van der Waals surface area contributed by atoms with E-state index in [1.165, 1.54) is 4.68 Å². The summed E-state index contributed by atoms with van der Waals surface area (Å²) in [7, 11) is 0. The van der Waals surface area contributed by atoms with Crippen molar-refractivity contribution in [1.82, 2.24) is 9.66 Å². The molecule has 3 rings (SSSR count). The van der Waals surface area contributed by atoms with Gasteiger partial charge in [0.2, 0.25) is 0 Å². The van der Waals surface area contributed by atoms with Gasteiger partial charge in [0.05, 0.1) is 28.7 Å². The fraction of sp³-hybridized carbons (Fsp3) is 0.333. The van der Waals surface area contributed by atoms with Crippen LogP contribution in [-0.4, -0.2) is 34.6 Å². The Hall–Kier alpha value is -2.71. The average molecular weight is 535 g/mol. The number of aromatic nitrogens is 2. The molecule has 0 amide bonds. The molecule has 0 saturated heterocycles. The highest BCUT2D eigenvalue weighted by atomic mass is 79.9. The highest BCUT2D eigenvalue weighted by molar-refractivity contribution is 9.10. The SMILES string of the molecule is CCOC(=O)[C@@H](C)Oc1ccc(C=Nn2c([C@H](C)CC)nc3ccc(Br)cc3c2=O)cc1Cl. The summed E-state index contributed by atoms with van der Waals surface area (Å²) < 4.78 is 12.7. The van der Waals surface area contributed by atoms with Gasteiger partial charge < -0.3 is 9.47 Å². The van der Waals surface area contributed by atoms with Gasteiger partial charge in [-0.1, -0.05) is 41.4 Å². The second-order valence-electron chi connectivity index (χ2n) is 7.50. The molecular formula is C24H25BrClN3O4. The first kappa shape index (κ1) is 24.9. The predicted molar refractivity (Wildman–Crippen MR) is 134 cm³/mol. The Morgan fingerprint density at radius 3 is 2.67 bits per heavy atom. The van der Waals surface area contributed by atoms with E-state index >= 15 is 0 Å². The zero-order chi connectivity index (χ0) is 24.1. The number of hydrogen-bond donors (Lipinski definition) is 0. The van der Waals surface area contributed by atoms with Crippen molar-refractivity contribution in [3.05, 3.63) is 67.6 Å².